The number of amides is 1. The summed E-state index contributed by atoms with van der Waals surface area (Å²) in [4.78, 5) is 33.2. The van der Waals surface area contributed by atoms with Crippen LogP contribution < -0.4 is 10.7 Å². The minimum absolute atomic E-state index is 0.00511. The topological polar surface area (TPSA) is 151 Å². The lowest BCUT2D eigenvalue weighted by molar-refractivity contribution is -0.118. The number of benzene rings is 1. The molecule has 0 aliphatic carbocycles. The predicted molar refractivity (Wildman–Crippen MR) is 137 cm³/mol. The van der Waals surface area contributed by atoms with E-state index in [0.29, 0.717) is 23.5 Å². The second-order valence-electron chi connectivity index (χ2n) is 8.91. The SMILES string of the molecule is Cn1cc(-n2ccc(=O)c(CS(=O)(=O)c3cccc(-c4ncc(NC(=O)CC5CCCO5)cn4)c3)n2)cn1. The Morgan fingerprint density at radius 1 is 1.18 bits per heavy atom. The van der Waals surface area contributed by atoms with Gasteiger partial charge >= 0.3 is 0 Å². The number of nitrogens with zero attached hydrogens (tertiary/aromatic N) is 6. The Morgan fingerprint density at radius 2 is 2.00 bits per heavy atom. The van der Waals surface area contributed by atoms with Gasteiger partial charge in [-0.2, -0.15) is 10.2 Å². The fourth-order valence-electron chi connectivity index (χ4n) is 4.08. The van der Waals surface area contributed by atoms with Gasteiger partial charge in [-0.25, -0.2) is 23.1 Å². The number of nitrogens with one attached hydrogen (secondary N) is 1. The molecule has 5 rings (SSSR count). The molecule has 1 N–H and O–H groups in total. The monoisotopic (exact) mass is 535 g/mol. The van der Waals surface area contributed by atoms with Gasteiger partial charge in [-0.05, 0) is 25.0 Å². The van der Waals surface area contributed by atoms with Crippen LogP contribution in [0.1, 0.15) is 25.0 Å². The smallest absolute Gasteiger partial charge is 0.227 e. The summed E-state index contributed by atoms with van der Waals surface area (Å²) in [6.07, 6.45) is 9.66. The first-order valence-electron chi connectivity index (χ1n) is 11.9. The highest BCUT2D eigenvalue weighted by Crippen LogP contribution is 2.22. The van der Waals surface area contributed by atoms with Gasteiger partial charge < -0.3 is 10.1 Å². The molecule has 1 unspecified atom stereocenters. The van der Waals surface area contributed by atoms with Crippen LogP contribution in [0.25, 0.3) is 17.1 Å². The Kier molecular flexibility index (Phi) is 7.11. The highest BCUT2D eigenvalue weighted by Gasteiger charge is 2.21. The van der Waals surface area contributed by atoms with Gasteiger partial charge in [0, 0.05) is 31.5 Å². The summed E-state index contributed by atoms with van der Waals surface area (Å²) >= 11 is 0. The number of hydrogen-bond donors (Lipinski definition) is 1. The molecule has 1 aliphatic heterocycles. The normalized spacial score (nSPS) is 15.4. The van der Waals surface area contributed by atoms with Gasteiger partial charge in [0.05, 0.1) is 47.9 Å². The summed E-state index contributed by atoms with van der Waals surface area (Å²) < 4.78 is 34.9. The zero-order chi connectivity index (χ0) is 26.7. The van der Waals surface area contributed by atoms with E-state index in [9.17, 15) is 18.0 Å². The van der Waals surface area contributed by atoms with Crippen molar-refractivity contribution in [2.24, 2.45) is 7.05 Å². The summed E-state index contributed by atoms with van der Waals surface area (Å²) in [6.45, 7) is 0.676. The molecule has 4 heterocycles. The van der Waals surface area contributed by atoms with Crippen LogP contribution in [0.3, 0.4) is 0 Å². The summed E-state index contributed by atoms with van der Waals surface area (Å²) in [5.41, 5.74) is 0.904. The van der Waals surface area contributed by atoms with Crippen LogP contribution in [0.4, 0.5) is 5.69 Å². The molecular formula is C25H25N7O5S. The average molecular weight is 536 g/mol. The fourth-order valence-corrected chi connectivity index (χ4v) is 5.39. The van der Waals surface area contributed by atoms with Crippen LogP contribution in [0.5, 0.6) is 0 Å². The van der Waals surface area contributed by atoms with Gasteiger partial charge in [0.2, 0.25) is 11.3 Å². The minimum Gasteiger partial charge on any atom is -0.378 e. The van der Waals surface area contributed by atoms with Gasteiger partial charge in [-0.1, -0.05) is 12.1 Å². The number of carbonyl (C=O) groups is 1. The number of hydrogen-bond acceptors (Lipinski definition) is 9. The van der Waals surface area contributed by atoms with Gasteiger partial charge in [0.15, 0.2) is 15.7 Å². The molecule has 0 spiro atoms. The van der Waals surface area contributed by atoms with Crippen molar-refractivity contribution >= 4 is 21.4 Å². The molecule has 4 aromatic rings. The van der Waals surface area contributed by atoms with E-state index in [2.05, 4.69) is 25.5 Å². The van der Waals surface area contributed by atoms with Crippen molar-refractivity contribution in [2.75, 3.05) is 11.9 Å². The molecule has 13 heteroatoms. The first kappa shape index (κ1) is 25.4. The third-order valence-corrected chi connectivity index (χ3v) is 7.61. The maximum absolute atomic E-state index is 13.2. The number of aryl methyl sites for hydroxylation is 1. The van der Waals surface area contributed by atoms with Gasteiger partial charge in [0.1, 0.15) is 17.1 Å². The number of rotatable bonds is 8. The maximum Gasteiger partial charge on any atom is 0.227 e. The molecule has 38 heavy (non-hydrogen) atoms. The molecule has 0 saturated carbocycles. The first-order valence-corrected chi connectivity index (χ1v) is 13.6. The lowest BCUT2D eigenvalue weighted by atomic mass is 10.2. The Balaban J connectivity index is 1.31. The highest BCUT2D eigenvalue weighted by atomic mass is 32.2. The van der Waals surface area contributed by atoms with E-state index in [1.807, 2.05) is 0 Å². The molecule has 1 atom stereocenters. The lowest BCUT2D eigenvalue weighted by Gasteiger charge is -2.10. The van der Waals surface area contributed by atoms with Crippen molar-refractivity contribution in [3.8, 4) is 17.1 Å². The van der Waals surface area contributed by atoms with Crippen molar-refractivity contribution in [1.82, 2.24) is 29.5 Å². The van der Waals surface area contributed by atoms with Crippen LogP contribution >= 0.6 is 0 Å². The summed E-state index contributed by atoms with van der Waals surface area (Å²) in [7, 11) is -2.18. The average Bonchev–Trinajstić information content (AvgIpc) is 3.57. The standard InChI is InChI=1S/C25H25N7O5S/c1-31-15-19(14-28-31)32-8-7-23(33)22(30-32)16-38(35,36)21-6-2-4-17(10-21)25-26-12-18(13-27-25)29-24(34)11-20-5-3-9-37-20/h2,4,6-8,10,12-15,20H,3,5,9,11,16H2,1H3,(H,29,34). The van der Waals surface area contributed by atoms with Gasteiger partial charge in [-0.15, -0.1) is 0 Å². The van der Waals surface area contributed by atoms with Crippen LogP contribution in [0, 0.1) is 0 Å². The van der Waals surface area contributed by atoms with Gasteiger partial charge in [-0.3, -0.25) is 14.3 Å². The highest BCUT2D eigenvalue weighted by molar-refractivity contribution is 7.90. The van der Waals surface area contributed by atoms with E-state index in [4.69, 9.17) is 4.74 Å². The van der Waals surface area contributed by atoms with Crippen LogP contribution in [-0.4, -0.2) is 56.6 Å². The second kappa shape index (κ2) is 10.6. The lowest BCUT2D eigenvalue weighted by Crippen LogP contribution is -2.19. The van der Waals surface area contributed by atoms with Crippen LogP contribution in [0.2, 0.25) is 0 Å². The summed E-state index contributed by atoms with van der Waals surface area (Å²) in [5, 5.41) is 11.0. The molecule has 0 bridgehead atoms. The van der Waals surface area contributed by atoms with E-state index in [0.717, 1.165) is 12.8 Å². The summed E-state index contributed by atoms with van der Waals surface area (Å²) in [5.74, 6) is -0.471. The molecule has 12 nitrogen and oxygen atoms in total. The van der Waals surface area contributed by atoms with E-state index in [1.54, 1.807) is 36.3 Å². The predicted octanol–water partition coefficient (Wildman–Crippen LogP) is 1.90. The van der Waals surface area contributed by atoms with Crippen LogP contribution in [-0.2, 0) is 32.2 Å². The number of sulfone groups is 1. The largest absolute Gasteiger partial charge is 0.378 e. The third-order valence-electron chi connectivity index (χ3n) is 5.99. The molecule has 1 aromatic carbocycles. The van der Waals surface area contributed by atoms with Crippen molar-refractivity contribution in [2.45, 2.75) is 36.0 Å². The van der Waals surface area contributed by atoms with Crippen molar-refractivity contribution in [3.63, 3.8) is 0 Å². The number of ether oxygens (including phenoxy) is 1. The molecular weight excluding hydrogens is 510 g/mol. The van der Waals surface area contributed by atoms with E-state index < -0.39 is 21.0 Å². The van der Waals surface area contributed by atoms with E-state index >= 15 is 0 Å². The zero-order valence-corrected chi connectivity index (χ0v) is 21.3. The Hall–Kier alpha value is -4.23. The zero-order valence-electron chi connectivity index (χ0n) is 20.5. The van der Waals surface area contributed by atoms with E-state index in [-0.39, 0.29) is 34.8 Å². The third kappa shape index (κ3) is 5.84. The Morgan fingerprint density at radius 3 is 2.71 bits per heavy atom. The fraction of sp³-hybridized carbons (Fsp3) is 0.280. The molecule has 1 fully saturated rings. The number of carbonyl (C=O) groups excluding carboxylic acids is 1. The molecule has 1 aliphatic rings. The molecule has 196 valence electrons. The van der Waals surface area contributed by atoms with Gasteiger partial charge in [0.25, 0.3) is 0 Å². The van der Waals surface area contributed by atoms with Crippen molar-refractivity contribution < 1.29 is 17.9 Å². The Labute approximate surface area is 218 Å². The van der Waals surface area contributed by atoms with E-state index in [1.165, 1.54) is 41.5 Å². The minimum atomic E-state index is -3.92. The van der Waals surface area contributed by atoms with Crippen molar-refractivity contribution in [3.05, 3.63) is 77.2 Å². The first-order chi connectivity index (χ1) is 18.3. The number of anilines is 1. The summed E-state index contributed by atoms with van der Waals surface area (Å²) in [6, 6.07) is 7.43. The molecule has 1 saturated heterocycles. The van der Waals surface area contributed by atoms with Crippen LogP contribution in [0.15, 0.2) is 71.0 Å². The molecule has 0 radical (unpaired) electrons. The number of aromatic nitrogens is 6. The Bertz CT molecular complexity index is 1620. The van der Waals surface area contributed by atoms with Crippen molar-refractivity contribution in [1.29, 1.82) is 0 Å². The maximum atomic E-state index is 13.2. The molecule has 1 amide bonds. The quantitative estimate of drug-likeness (QED) is 0.357. The molecule has 3 aromatic heterocycles. The second-order valence-corrected chi connectivity index (χ2v) is 10.9.